The number of halogens is 2. The topological polar surface area (TPSA) is 12.9 Å². The lowest BCUT2D eigenvalue weighted by molar-refractivity contribution is 1.24. The Bertz CT molecular complexity index is 543. The smallest absolute Gasteiger partial charge is 0.134 e. The molecule has 18 heavy (non-hydrogen) atoms. The third-order valence-corrected chi connectivity index (χ3v) is 4.24. The highest BCUT2D eigenvalue weighted by Crippen LogP contribution is 2.24. The number of rotatable bonds is 4. The lowest BCUT2D eigenvalue weighted by Gasteiger charge is -2.06. The van der Waals surface area contributed by atoms with E-state index in [9.17, 15) is 0 Å². The van der Waals surface area contributed by atoms with E-state index in [4.69, 9.17) is 23.2 Å². The fraction of sp³-hybridized carbons (Fsp3) is 0.214. The summed E-state index contributed by atoms with van der Waals surface area (Å²) in [5, 5.41) is 0.937. The van der Waals surface area contributed by atoms with E-state index in [1.165, 1.54) is 11.1 Å². The van der Waals surface area contributed by atoms with Crippen LogP contribution in [0.1, 0.15) is 16.7 Å². The molecule has 0 spiro atoms. The molecule has 0 saturated carbocycles. The molecular weight excluding hydrogens is 285 g/mol. The third-order valence-electron chi connectivity index (χ3n) is 2.67. The van der Waals surface area contributed by atoms with Gasteiger partial charge in [0.15, 0.2) is 0 Å². The summed E-state index contributed by atoms with van der Waals surface area (Å²) in [5.74, 6) is 1.82. The van der Waals surface area contributed by atoms with Gasteiger partial charge < -0.3 is 0 Å². The van der Waals surface area contributed by atoms with E-state index in [1.54, 1.807) is 6.07 Å². The fourth-order valence-electron chi connectivity index (χ4n) is 1.59. The van der Waals surface area contributed by atoms with Crippen LogP contribution in [-0.4, -0.2) is 4.98 Å². The van der Waals surface area contributed by atoms with Crippen LogP contribution in [0.15, 0.2) is 36.4 Å². The van der Waals surface area contributed by atoms with E-state index in [2.05, 4.69) is 36.2 Å². The molecule has 0 aliphatic heterocycles. The van der Waals surface area contributed by atoms with Gasteiger partial charge >= 0.3 is 0 Å². The molecule has 0 radical (unpaired) electrons. The summed E-state index contributed by atoms with van der Waals surface area (Å²) in [4.78, 5) is 4.03. The Labute approximate surface area is 122 Å². The Morgan fingerprint density at radius 2 is 1.72 bits per heavy atom. The number of pyridine rings is 1. The minimum Gasteiger partial charge on any atom is -0.224 e. The zero-order valence-electron chi connectivity index (χ0n) is 9.99. The molecule has 1 nitrogen and oxygen atoms in total. The van der Waals surface area contributed by atoms with Crippen molar-refractivity contribution in [2.24, 2.45) is 0 Å². The van der Waals surface area contributed by atoms with Gasteiger partial charge in [0.1, 0.15) is 10.3 Å². The number of aryl methyl sites for hydroxylation is 1. The zero-order chi connectivity index (χ0) is 13.0. The molecule has 0 N–H and O–H groups in total. The van der Waals surface area contributed by atoms with E-state index in [0.29, 0.717) is 10.3 Å². The van der Waals surface area contributed by atoms with Gasteiger partial charge in [0.2, 0.25) is 0 Å². The molecule has 94 valence electrons. The van der Waals surface area contributed by atoms with Gasteiger partial charge in [0, 0.05) is 11.5 Å². The van der Waals surface area contributed by atoms with Gasteiger partial charge in [-0.25, -0.2) is 4.98 Å². The number of benzene rings is 1. The highest BCUT2D eigenvalue weighted by atomic mass is 35.5. The van der Waals surface area contributed by atoms with E-state index in [0.717, 1.165) is 17.1 Å². The predicted molar refractivity (Wildman–Crippen MR) is 80.4 cm³/mol. The van der Waals surface area contributed by atoms with Crippen molar-refractivity contribution in [2.45, 2.75) is 18.4 Å². The summed E-state index contributed by atoms with van der Waals surface area (Å²) in [6, 6.07) is 12.1. The molecule has 1 aromatic heterocycles. The largest absolute Gasteiger partial charge is 0.224 e. The molecule has 0 bridgehead atoms. The molecule has 1 aromatic carbocycles. The van der Waals surface area contributed by atoms with Gasteiger partial charge in [0.25, 0.3) is 0 Å². The molecule has 2 aromatic rings. The number of thioether (sulfide) groups is 1. The van der Waals surface area contributed by atoms with Crippen molar-refractivity contribution < 1.29 is 0 Å². The minimum absolute atomic E-state index is 0.438. The molecule has 1 heterocycles. The standard InChI is InChI=1S/C14H13Cl2NS/c1-10-4-2-3-5-11(10)8-18-9-12-6-7-13(15)17-14(12)16/h2-7H,8-9H2,1H3. The predicted octanol–water partition coefficient (Wildman–Crippen LogP) is 5.13. The summed E-state index contributed by atoms with van der Waals surface area (Å²) in [6.45, 7) is 2.13. The summed E-state index contributed by atoms with van der Waals surface area (Å²) in [7, 11) is 0. The number of hydrogen-bond acceptors (Lipinski definition) is 2. The van der Waals surface area contributed by atoms with Gasteiger partial charge in [-0.05, 0) is 29.7 Å². The van der Waals surface area contributed by atoms with Gasteiger partial charge in [-0.1, -0.05) is 53.5 Å². The minimum atomic E-state index is 0.438. The number of aromatic nitrogens is 1. The average Bonchev–Trinajstić information content (AvgIpc) is 2.34. The number of hydrogen-bond donors (Lipinski definition) is 0. The third kappa shape index (κ3) is 3.64. The normalized spacial score (nSPS) is 10.6. The van der Waals surface area contributed by atoms with Crippen molar-refractivity contribution in [2.75, 3.05) is 0 Å². The molecule has 0 atom stereocenters. The van der Waals surface area contributed by atoms with Crippen LogP contribution in [0.4, 0.5) is 0 Å². The Morgan fingerprint density at radius 1 is 1.00 bits per heavy atom. The van der Waals surface area contributed by atoms with Gasteiger partial charge in [-0.2, -0.15) is 11.8 Å². The second-order valence-corrected chi connectivity index (χ2v) is 5.73. The lowest BCUT2D eigenvalue weighted by Crippen LogP contribution is -1.89. The first-order valence-electron chi connectivity index (χ1n) is 5.60. The van der Waals surface area contributed by atoms with Crippen molar-refractivity contribution >= 4 is 35.0 Å². The van der Waals surface area contributed by atoms with Crippen LogP contribution in [0.2, 0.25) is 10.3 Å². The van der Waals surface area contributed by atoms with E-state index in [1.807, 2.05) is 17.8 Å². The Morgan fingerprint density at radius 3 is 2.44 bits per heavy atom. The summed E-state index contributed by atoms with van der Waals surface area (Å²) < 4.78 is 0. The highest BCUT2D eigenvalue weighted by Gasteiger charge is 2.04. The second-order valence-electron chi connectivity index (χ2n) is 4.00. The maximum atomic E-state index is 6.03. The Hall–Kier alpha value is -0.700. The van der Waals surface area contributed by atoms with E-state index in [-0.39, 0.29) is 0 Å². The molecular formula is C14H13Cl2NS. The molecule has 0 amide bonds. The van der Waals surface area contributed by atoms with Gasteiger partial charge in [0.05, 0.1) is 0 Å². The summed E-state index contributed by atoms with van der Waals surface area (Å²) in [6.07, 6.45) is 0. The first kappa shape index (κ1) is 13.7. The summed E-state index contributed by atoms with van der Waals surface area (Å²) >= 11 is 13.6. The SMILES string of the molecule is Cc1ccccc1CSCc1ccc(Cl)nc1Cl. The Kier molecular flexibility index (Phi) is 4.93. The van der Waals surface area contributed by atoms with Crippen LogP contribution in [0.5, 0.6) is 0 Å². The van der Waals surface area contributed by atoms with Gasteiger partial charge in [-0.15, -0.1) is 0 Å². The van der Waals surface area contributed by atoms with Crippen molar-refractivity contribution in [1.29, 1.82) is 0 Å². The highest BCUT2D eigenvalue weighted by molar-refractivity contribution is 7.97. The molecule has 0 fully saturated rings. The van der Waals surface area contributed by atoms with Crippen LogP contribution < -0.4 is 0 Å². The van der Waals surface area contributed by atoms with Crippen LogP contribution in [0.3, 0.4) is 0 Å². The van der Waals surface area contributed by atoms with Crippen LogP contribution in [0, 0.1) is 6.92 Å². The van der Waals surface area contributed by atoms with Crippen molar-refractivity contribution in [3.05, 3.63) is 63.4 Å². The van der Waals surface area contributed by atoms with Crippen LogP contribution >= 0.6 is 35.0 Å². The maximum Gasteiger partial charge on any atom is 0.134 e. The second kappa shape index (κ2) is 6.46. The molecule has 0 unspecified atom stereocenters. The quantitative estimate of drug-likeness (QED) is 0.726. The monoisotopic (exact) mass is 297 g/mol. The van der Waals surface area contributed by atoms with Gasteiger partial charge in [-0.3, -0.25) is 0 Å². The van der Waals surface area contributed by atoms with Crippen LogP contribution in [0.25, 0.3) is 0 Å². The molecule has 2 rings (SSSR count). The Balaban J connectivity index is 1.95. The van der Waals surface area contributed by atoms with E-state index >= 15 is 0 Å². The molecule has 4 heteroatoms. The molecule has 0 aliphatic carbocycles. The maximum absolute atomic E-state index is 6.03. The average molecular weight is 298 g/mol. The first-order valence-corrected chi connectivity index (χ1v) is 7.51. The van der Waals surface area contributed by atoms with Crippen molar-refractivity contribution in [3.63, 3.8) is 0 Å². The van der Waals surface area contributed by atoms with E-state index < -0.39 is 0 Å². The van der Waals surface area contributed by atoms with Crippen molar-refractivity contribution in [3.8, 4) is 0 Å². The lowest BCUT2D eigenvalue weighted by atomic mass is 10.1. The molecule has 0 aliphatic rings. The zero-order valence-corrected chi connectivity index (χ0v) is 12.3. The number of nitrogens with zero attached hydrogens (tertiary/aromatic N) is 1. The summed E-state index contributed by atoms with van der Waals surface area (Å²) in [5.41, 5.74) is 3.71. The van der Waals surface area contributed by atoms with Crippen LogP contribution in [-0.2, 0) is 11.5 Å². The first-order chi connectivity index (χ1) is 8.66. The van der Waals surface area contributed by atoms with Crippen molar-refractivity contribution in [1.82, 2.24) is 4.98 Å². The fourth-order valence-corrected chi connectivity index (χ4v) is 3.18. The molecule has 0 saturated heterocycles.